The Kier molecular flexibility index (Phi) is 57.9. The summed E-state index contributed by atoms with van der Waals surface area (Å²) in [7, 11) is 0. The smallest absolute Gasteiger partial charge is 0.306 e. The summed E-state index contributed by atoms with van der Waals surface area (Å²) in [6.45, 7) is 6.34. The van der Waals surface area contributed by atoms with Crippen molar-refractivity contribution in [3.63, 3.8) is 0 Å². The van der Waals surface area contributed by atoms with Crippen molar-refractivity contribution >= 4 is 17.9 Å². The third-order valence-corrected chi connectivity index (χ3v) is 12.7. The van der Waals surface area contributed by atoms with Gasteiger partial charge in [-0.1, -0.05) is 251 Å². The molecule has 420 valence electrons. The molecule has 0 aromatic heterocycles. The van der Waals surface area contributed by atoms with Crippen molar-refractivity contribution in [2.75, 3.05) is 13.2 Å². The van der Waals surface area contributed by atoms with Gasteiger partial charge in [0.15, 0.2) is 6.10 Å². The average molecular weight is 1030 g/mol. The number of esters is 3. The number of ether oxygens (including phenoxy) is 3. The summed E-state index contributed by atoms with van der Waals surface area (Å²) >= 11 is 0. The summed E-state index contributed by atoms with van der Waals surface area (Å²) in [5.41, 5.74) is 0. The normalized spacial score (nSPS) is 13.0. The largest absolute Gasteiger partial charge is 0.462 e. The van der Waals surface area contributed by atoms with Crippen LogP contribution in [0.3, 0.4) is 0 Å². The highest BCUT2D eigenvalue weighted by Crippen LogP contribution is 2.15. The second-order valence-corrected chi connectivity index (χ2v) is 19.8. The molecular weight excluding hydrogens is 913 g/mol. The maximum absolute atomic E-state index is 12.8. The minimum absolute atomic E-state index is 0.105. The molecule has 6 heteroatoms. The van der Waals surface area contributed by atoms with Gasteiger partial charge in [0.1, 0.15) is 13.2 Å². The van der Waals surface area contributed by atoms with Gasteiger partial charge in [0.05, 0.1) is 0 Å². The van der Waals surface area contributed by atoms with Crippen LogP contribution in [-0.2, 0) is 28.6 Å². The first-order chi connectivity index (χ1) is 36.5. The van der Waals surface area contributed by atoms with Crippen LogP contribution in [0.4, 0.5) is 0 Å². The molecule has 1 unspecified atom stereocenters. The van der Waals surface area contributed by atoms with Crippen LogP contribution in [-0.4, -0.2) is 37.2 Å². The highest BCUT2D eigenvalue weighted by Gasteiger charge is 2.19. The minimum Gasteiger partial charge on any atom is -0.462 e. The van der Waals surface area contributed by atoms with E-state index in [1.165, 1.54) is 109 Å². The average Bonchev–Trinajstić information content (AvgIpc) is 3.40. The second kappa shape index (κ2) is 61.4. The number of hydrogen-bond donors (Lipinski definition) is 0. The lowest BCUT2D eigenvalue weighted by atomic mass is 10.0. The zero-order valence-electron chi connectivity index (χ0n) is 48.1. The van der Waals surface area contributed by atoms with Gasteiger partial charge >= 0.3 is 17.9 Å². The Morgan fingerprint density at radius 1 is 0.284 bits per heavy atom. The van der Waals surface area contributed by atoms with E-state index in [0.29, 0.717) is 19.3 Å². The molecule has 0 aliphatic rings. The molecule has 0 aliphatic heterocycles. The molecule has 0 rings (SSSR count). The number of hydrogen-bond acceptors (Lipinski definition) is 6. The Morgan fingerprint density at radius 3 is 0.878 bits per heavy atom. The molecule has 0 fully saturated rings. The summed E-state index contributed by atoms with van der Waals surface area (Å²) in [5.74, 6) is -0.972. The van der Waals surface area contributed by atoms with E-state index in [9.17, 15) is 14.4 Å². The minimum atomic E-state index is -0.814. The van der Waals surface area contributed by atoms with E-state index >= 15 is 0 Å². The molecular formula is C68H112O6. The fraction of sp³-hybridized carbons (Fsp3) is 0.662. The Bertz CT molecular complexity index is 1550. The highest BCUT2D eigenvalue weighted by atomic mass is 16.6. The van der Waals surface area contributed by atoms with Crippen LogP contribution in [0.2, 0.25) is 0 Å². The van der Waals surface area contributed by atoms with E-state index in [1.807, 2.05) is 0 Å². The van der Waals surface area contributed by atoms with Gasteiger partial charge in [-0.15, -0.1) is 0 Å². The lowest BCUT2D eigenvalue weighted by molar-refractivity contribution is -0.167. The number of carbonyl (C=O) groups excluding carboxylic acids is 3. The van der Waals surface area contributed by atoms with Crippen molar-refractivity contribution in [1.82, 2.24) is 0 Å². The van der Waals surface area contributed by atoms with Crippen LogP contribution in [0.5, 0.6) is 0 Å². The molecule has 0 bridgehead atoms. The molecule has 6 nitrogen and oxygen atoms in total. The van der Waals surface area contributed by atoms with Gasteiger partial charge in [-0.2, -0.15) is 0 Å². The second-order valence-electron chi connectivity index (χ2n) is 19.8. The van der Waals surface area contributed by atoms with Crippen molar-refractivity contribution in [3.05, 3.63) is 122 Å². The fourth-order valence-corrected chi connectivity index (χ4v) is 8.17. The van der Waals surface area contributed by atoms with Crippen LogP contribution in [0.15, 0.2) is 122 Å². The van der Waals surface area contributed by atoms with Gasteiger partial charge in [0.2, 0.25) is 0 Å². The van der Waals surface area contributed by atoms with Crippen LogP contribution < -0.4 is 0 Å². The molecule has 74 heavy (non-hydrogen) atoms. The standard InChI is InChI=1S/C68H112O6/c1-4-7-10-13-16-19-22-25-27-29-30-31-32-33-34-35-36-37-38-40-41-43-46-49-52-55-58-61-67(70)73-64-65(63-72-66(69)60-57-54-51-48-45-24-21-18-15-12-9-6-3)74-68(71)62-59-56-53-50-47-44-42-39-28-26-23-20-17-14-11-8-5-2/h7-8,10-11,16-21,25-28,30-31,42,44,50,53,65H,4-6,9,12-15,22-24,29,32-41,43,45-49,51-52,54-64H2,1-3H3/b10-7-,11-8-,19-16-,20-17-,21-18-,27-25-,28-26-,31-30-,44-42-,53-50-. The summed E-state index contributed by atoms with van der Waals surface area (Å²) in [6.07, 6.45) is 85.0. The SMILES string of the molecule is CC/C=C\C/C=C\C/C=C\C/C=C\C/C=C\CCCC(=O)OC(COC(=O)CCCCCCC/C=C\CCCCC)COC(=O)CCCCCCCCCCCCCCCC/C=C\C/C=C\C/C=C\C/C=C\CC. The van der Waals surface area contributed by atoms with Gasteiger partial charge < -0.3 is 14.2 Å². The lowest BCUT2D eigenvalue weighted by Crippen LogP contribution is -2.30. The molecule has 0 aliphatic carbocycles. The quantitative estimate of drug-likeness (QED) is 0.0261. The number of carbonyl (C=O) groups is 3. The van der Waals surface area contributed by atoms with Gasteiger partial charge in [-0.3, -0.25) is 14.4 Å². The molecule has 0 heterocycles. The summed E-state index contributed by atoms with van der Waals surface area (Å²) in [5, 5.41) is 0. The fourth-order valence-electron chi connectivity index (χ4n) is 8.17. The Morgan fingerprint density at radius 2 is 0.541 bits per heavy atom. The van der Waals surface area contributed by atoms with Gasteiger partial charge in [0.25, 0.3) is 0 Å². The van der Waals surface area contributed by atoms with Gasteiger partial charge in [-0.25, -0.2) is 0 Å². The number of allylic oxidation sites excluding steroid dienone is 20. The predicted molar refractivity (Wildman–Crippen MR) is 320 cm³/mol. The molecule has 1 atom stereocenters. The first-order valence-corrected chi connectivity index (χ1v) is 30.5. The van der Waals surface area contributed by atoms with Crippen molar-refractivity contribution < 1.29 is 28.6 Å². The number of unbranched alkanes of at least 4 members (excludes halogenated alkanes) is 23. The Labute approximate surface area is 456 Å². The van der Waals surface area contributed by atoms with Crippen LogP contribution in [0.25, 0.3) is 0 Å². The highest BCUT2D eigenvalue weighted by molar-refractivity contribution is 5.71. The first kappa shape index (κ1) is 69.8. The summed E-state index contributed by atoms with van der Waals surface area (Å²) < 4.78 is 16.8. The molecule has 0 amide bonds. The van der Waals surface area contributed by atoms with E-state index in [2.05, 4.69) is 142 Å². The summed E-state index contributed by atoms with van der Waals surface area (Å²) in [6, 6.07) is 0. The van der Waals surface area contributed by atoms with E-state index < -0.39 is 6.10 Å². The Balaban J connectivity index is 4.33. The first-order valence-electron chi connectivity index (χ1n) is 30.5. The van der Waals surface area contributed by atoms with Crippen molar-refractivity contribution in [2.45, 2.75) is 277 Å². The molecule has 0 saturated carbocycles. The maximum atomic E-state index is 12.8. The molecule has 0 saturated heterocycles. The van der Waals surface area contributed by atoms with E-state index in [0.717, 1.165) is 116 Å². The van der Waals surface area contributed by atoms with Crippen LogP contribution in [0.1, 0.15) is 271 Å². The number of rotatable bonds is 54. The third kappa shape index (κ3) is 58.7. The van der Waals surface area contributed by atoms with Crippen LogP contribution in [0, 0.1) is 0 Å². The molecule has 0 aromatic rings. The Hall–Kier alpha value is -4.19. The molecule has 0 spiro atoms. The van der Waals surface area contributed by atoms with E-state index in [1.54, 1.807) is 0 Å². The summed E-state index contributed by atoms with van der Waals surface area (Å²) in [4.78, 5) is 38.2. The molecule has 0 aromatic carbocycles. The van der Waals surface area contributed by atoms with E-state index in [-0.39, 0.29) is 37.5 Å². The topological polar surface area (TPSA) is 78.9 Å². The van der Waals surface area contributed by atoms with Crippen molar-refractivity contribution in [1.29, 1.82) is 0 Å². The van der Waals surface area contributed by atoms with Gasteiger partial charge in [-0.05, 0) is 122 Å². The zero-order valence-corrected chi connectivity index (χ0v) is 48.1. The zero-order chi connectivity index (χ0) is 53.6. The molecule has 0 radical (unpaired) electrons. The molecule has 0 N–H and O–H groups in total. The van der Waals surface area contributed by atoms with Crippen molar-refractivity contribution in [3.8, 4) is 0 Å². The van der Waals surface area contributed by atoms with E-state index in [4.69, 9.17) is 14.2 Å². The third-order valence-electron chi connectivity index (χ3n) is 12.7. The monoisotopic (exact) mass is 1020 g/mol. The van der Waals surface area contributed by atoms with Gasteiger partial charge in [0, 0.05) is 19.3 Å². The lowest BCUT2D eigenvalue weighted by Gasteiger charge is -2.18. The maximum Gasteiger partial charge on any atom is 0.306 e. The van der Waals surface area contributed by atoms with Crippen LogP contribution >= 0.6 is 0 Å². The van der Waals surface area contributed by atoms with Crippen molar-refractivity contribution in [2.24, 2.45) is 0 Å². The predicted octanol–water partition coefficient (Wildman–Crippen LogP) is 20.8.